The van der Waals surface area contributed by atoms with Gasteiger partial charge in [-0.05, 0) is 30.3 Å². The Hall–Kier alpha value is -3.15. The van der Waals surface area contributed by atoms with Crippen LogP contribution in [0, 0.1) is 0 Å². The molecule has 0 unspecified atom stereocenters. The Morgan fingerprint density at radius 2 is 1.95 bits per heavy atom. The molecule has 0 saturated heterocycles. The lowest BCUT2D eigenvalue weighted by Gasteiger charge is -2.02. The molecule has 21 heavy (non-hydrogen) atoms. The van der Waals surface area contributed by atoms with Gasteiger partial charge in [0.05, 0.1) is 17.2 Å². The van der Waals surface area contributed by atoms with Crippen LogP contribution >= 0.6 is 0 Å². The summed E-state index contributed by atoms with van der Waals surface area (Å²) >= 11 is 0. The maximum atomic E-state index is 12.3. The number of para-hydroxylation sites is 1. The third-order valence-electron chi connectivity index (χ3n) is 3.40. The molecule has 0 saturated carbocycles. The molecule has 1 amide bonds. The summed E-state index contributed by atoms with van der Waals surface area (Å²) in [6.07, 6.45) is 1.69. The van der Waals surface area contributed by atoms with Gasteiger partial charge in [-0.3, -0.25) is 15.0 Å². The van der Waals surface area contributed by atoms with Gasteiger partial charge in [-0.2, -0.15) is 10.2 Å². The van der Waals surface area contributed by atoms with Crippen molar-refractivity contribution in [3.05, 3.63) is 54.2 Å². The van der Waals surface area contributed by atoms with Crippen LogP contribution in [0.5, 0.6) is 0 Å². The van der Waals surface area contributed by atoms with Gasteiger partial charge in [0, 0.05) is 16.3 Å². The van der Waals surface area contributed by atoms with Crippen molar-refractivity contribution in [2.24, 2.45) is 0 Å². The number of carbonyl (C=O) groups excluding carboxylic acids is 1. The summed E-state index contributed by atoms with van der Waals surface area (Å²) in [7, 11) is 0. The largest absolute Gasteiger partial charge is 0.305 e. The van der Waals surface area contributed by atoms with Crippen LogP contribution in [-0.2, 0) is 0 Å². The Morgan fingerprint density at radius 1 is 1.05 bits per heavy atom. The van der Waals surface area contributed by atoms with Crippen molar-refractivity contribution in [2.45, 2.75) is 0 Å². The molecule has 6 heteroatoms. The predicted octanol–water partition coefficient (Wildman–Crippen LogP) is 2.69. The Bertz CT molecular complexity index is 953. The molecule has 0 aliphatic carbocycles. The van der Waals surface area contributed by atoms with Crippen LogP contribution < -0.4 is 5.32 Å². The molecule has 2 heterocycles. The van der Waals surface area contributed by atoms with Crippen LogP contribution in [0.3, 0.4) is 0 Å². The van der Waals surface area contributed by atoms with Crippen LogP contribution in [0.15, 0.2) is 48.7 Å². The average Bonchev–Trinajstić information content (AvgIpc) is 3.13. The third-order valence-corrected chi connectivity index (χ3v) is 3.40. The van der Waals surface area contributed by atoms with E-state index in [1.807, 2.05) is 30.3 Å². The number of carbonyl (C=O) groups is 1. The number of amides is 1. The molecule has 0 aliphatic heterocycles. The molecule has 2 aromatic carbocycles. The van der Waals surface area contributed by atoms with Gasteiger partial charge in [0.2, 0.25) is 0 Å². The van der Waals surface area contributed by atoms with Gasteiger partial charge >= 0.3 is 0 Å². The number of fused-ring (bicyclic) bond motifs is 2. The Kier molecular flexibility index (Phi) is 2.47. The predicted molar refractivity (Wildman–Crippen MR) is 80.1 cm³/mol. The van der Waals surface area contributed by atoms with Gasteiger partial charge in [0.15, 0.2) is 5.82 Å². The molecule has 3 N–H and O–H groups in total. The number of nitrogens with zero attached hydrogens (tertiary/aromatic N) is 2. The summed E-state index contributed by atoms with van der Waals surface area (Å²) < 4.78 is 0. The second-order valence-electron chi connectivity index (χ2n) is 4.74. The van der Waals surface area contributed by atoms with Crippen molar-refractivity contribution < 1.29 is 4.79 Å². The number of anilines is 1. The zero-order valence-electron chi connectivity index (χ0n) is 10.9. The number of aromatic amines is 2. The summed E-state index contributed by atoms with van der Waals surface area (Å²) in [5.74, 6) is 0.332. The first-order valence-corrected chi connectivity index (χ1v) is 6.49. The van der Waals surface area contributed by atoms with E-state index < -0.39 is 0 Å². The van der Waals surface area contributed by atoms with Crippen LogP contribution in [0.4, 0.5) is 5.82 Å². The van der Waals surface area contributed by atoms with E-state index >= 15 is 0 Å². The molecule has 0 spiro atoms. The molecule has 6 nitrogen and oxygen atoms in total. The molecule has 0 aliphatic rings. The van der Waals surface area contributed by atoms with E-state index in [1.165, 1.54) is 0 Å². The van der Waals surface area contributed by atoms with E-state index in [1.54, 1.807) is 18.3 Å². The van der Waals surface area contributed by atoms with Crippen molar-refractivity contribution in [1.82, 2.24) is 20.4 Å². The number of hydrogen-bond donors (Lipinski definition) is 3. The van der Waals surface area contributed by atoms with E-state index in [2.05, 4.69) is 25.7 Å². The molecule has 0 radical (unpaired) electrons. The Balaban J connectivity index is 1.68. The van der Waals surface area contributed by atoms with Crippen LogP contribution in [0.2, 0.25) is 0 Å². The number of benzene rings is 2. The average molecular weight is 277 g/mol. The van der Waals surface area contributed by atoms with Gasteiger partial charge in [-0.1, -0.05) is 12.1 Å². The minimum absolute atomic E-state index is 0.199. The number of rotatable bonds is 2. The topological polar surface area (TPSA) is 86.5 Å². The SMILES string of the molecule is O=C(Nc1n[nH]c2ccccc12)c1ccc2[nH]ncc2c1. The van der Waals surface area contributed by atoms with Crippen molar-refractivity contribution in [3.8, 4) is 0 Å². The minimum Gasteiger partial charge on any atom is -0.305 e. The lowest BCUT2D eigenvalue weighted by Crippen LogP contribution is -2.12. The zero-order valence-corrected chi connectivity index (χ0v) is 10.9. The molecule has 0 fully saturated rings. The van der Waals surface area contributed by atoms with E-state index in [0.717, 1.165) is 21.8 Å². The highest BCUT2D eigenvalue weighted by Gasteiger charge is 2.11. The third kappa shape index (κ3) is 1.93. The minimum atomic E-state index is -0.199. The van der Waals surface area contributed by atoms with Gasteiger partial charge < -0.3 is 5.32 Å². The number of nitrogens with one attached hydrogen (secondary N) is 3. The van der Waals surface area contributed by atoms with Crippen molar-refractivity contribution in [3.63, 3.8) is 0 Å². The quantitative estimate of drug-likeness (QED) is 0.526. The fraction of sp³-hybridized carbons (Fsp3) is 0. The number of aromatic nitrogens is 4. The maximum Gasteiger partial charge on any atom is 0.256 e. The lowest BCUT2D eigenvalue weighted by atomic mass is 10.1. The summed E-state index contributed by atoms with van der Waals surface area (Å²) in [5, 5.41) is 18.4. The monoisotopic (exact) mass is 277 g/mol. The summed E-state index contributed by atoms with van der Waals surface area (Å²) in [5.41, 5.74) is 2.35. The van der Waals surface area contributed by atoms with E-state index in [9.17, 15) is 4.79 Å². The molecule has 4 aromatic rings. The fourth-order valence-corrected chi connectivity index (χ4v) is 2.32. The zero-order chi connectivity index (χ0) is 14.2. The van der Waals surface area contributed by atoms with Crippen LogP contribution in [0.1, 0.15) is 10.4 Å². The lowest BCUT2D eigenvalue weighted by molar-refractivity contribution is 0.102. The van der Waals surface area contributed by atoms with Crippen LogP contribution in [-0.4, -0.2) is 26.3 Å². The summed E-state index contributed by atoms with van der Waals surface area (Å²) in [6, 6.07) is 13.0. The van der Waals surface area contributed by atoms with Crippen molar-refractivity contribution in [2.75, 3.05) is 5.32 Å². The first-order chi connectivity index (χ1) is 10.3. The molecular weight excluding hydrogens is 266 g/mol. The second kappa shape index (κ2) is 4.45. The van der Waals surface area contributed by atoms with Crippen LogP contribution in [0.25, 0.3) is 21.8 Å². The van der Waals surface area contributed by atoms with Gasteiger partial charge in [0.25, 0.3) is 5.91 Å². The Morgan fingerprint density at radius 3 is 2.90 bits per heavy atom. The van der Waals surface area contributed by atoms with Gasteiger partial charge in [0.1, 0.15) is 0 Å². The highest BCUT2D eigenvalue weighted by molar-refractivity contribution is 6.09. The highest BCUT2D eigenvalue weighted by atomic mass is 16.1. The summed E-state index contributed by atoms with van der Waals surface area (Å²) in [4.78, 5) is 12.3. The molecule has 0 bridgehead atoms. The van der Waals surface area contributed by atoms with Gasteiger partial charge in [-0.25, -0.2) is 0 Å². The van der Waals surface area contributed by atoms with E-state index in [-0.39, 0.29) is 5.91 Å². The molecular formula is C15H11N5O. The summed E-state index contributed by atoms with van der Waals surface area (Å²) in [6.45, 7) is 0. The van der Waals surface area contributed by atoms with E-state index in [0.29, 0.717) is 11.4 Å². The Labute approximate surface area is 119 Å². The number of H-pyrrole nitrogens is 2. The second-order valence-corrected chi connectivity index (χ2v) is 4.74. The molecule has 4 rings (SSSR count). The van der Waals surface area contributed by atoms with Crippen molar-refractivity contribution >= 4 is 33.5 Å². The first kappa shape index (κ1) is 11.7. The van der Waals surface area contributed by atoms with Crippen molar-refractivity contribution in [1.29, 1.82) is 0 Å². The standard InChI is InChI=1S/C15H11N5O/c21-15(9-5-6-12-10(7-9)8-16-18-12)17-14-11-3-1-2-4-13(11)19-20-14/h1-8H,(H,16,18)(H2,17,19,20,21). The number of hydrogen-bond acceptors (Lipinski definition) is 3. The molecule has 102 valence electrons. The smallest absolute Gasteiger partial charge is 0.256 e. The molecule has 0 atom stereocenters. The maximum absolute atomic E-state index is 12.3. The van der Waals surface area contributed by atoms with Gasteiger partial charge in [-0.15, -0.1) is 0 Å². The molecule has 2 aromatic heterocycles. The first-order valence-electron chi connectivity index (χ1n) is 6.49. The van der Waals surface area contributed by atoms with E-state index in [4.69, 9.17) is 0 Å². The highest BCUT2D eigenvalue weighted by Crippen LogP contribution is 2.21. The normalized spacial score (nSPS) is 11.0. The fourth-order valence-electron chi connectivity index (χ4n) is 2.32.